The number of hydrogen-bond donors (Lipinski definition) is 2. The van der Waals surface area contributed by atoms with Crippen molar-refractivity contribution in [3.8, 4) is 5.69 Å². The number of halogens is 4. The Bertz CT molecular complexity index is 1000. The van der Waals surface area contributed by atoms with Gasteiger partial charge in [0.05, 0.1) is 16.7 Å². The molecule has 2 heterocycles. The molecule has 2 N–H and O–H groups in total. The fraction of sp³-hybridized carbons (Fsp3) is 0.400. The first-order valence-corrected chi connectivity index (χ1v) is 9.22. The molecule has 0 radical (unpaired) electrons. The van der Waals surface area contributed by atoms with E-state index in [1.54, 1.807) is 24.5 Å². The van der Waals surface area contributed by atoms with Crippen LogP contribution in [0.4, 0.5) is 17.6 Å². The van der Waals surface area contributed by atoms with Gasteiger partial charge in [0.1, 0.15) is 11.6 Å². The Morgan fingerprint density at radius 2 is 2.03 bits per heavy atom. The summed E-state index contributed by atoms with van der Waals surface area (Å²) in [6, 6.07) is 6.08. The van der Waals surface area contributed by atoms with E-state index in [0.717, 1.165) is 0 Å². The van der Waals surface area contributed by atoms with Crippen molar-refractivity contribution < 1.29 is 22.7 Å². The lowest BCUT2D eigenvalue weighted by atomic mass is 9.91. The third-order valence-electron chi connectivity index (χ3n) is 5.48. The van der Waals surface area contributed by atoms with Crippen molar-refractivity contribution in [2.45, 2.75) is 44.4 Å². The van der Waals surface area contributed by atoms with Gasteiger partial charge in [0, 0.05) is 42.7 Å². The summed E-state index contributed by atoms with van der Waals surface area (Å²) in [4.78, 5) is 6.94. The molecule has 1 aliphatic carbocycles. The zero-order valence-corrected chi connectivity index (χ0v) is 15.7. The van der Waals surface area contributed by atoms with Crippen LogP contribution in [0.2, 0.25) is 0 Å². The van der Waals surface area contributed by atoms with Crippen LogP contribution in [0.5, 0.6) is 0 Å². The quantitative estimate of drug-likeness (QED) is 0.605. The van der Waals surface area contributed by atoms with Gasteiger partial charge in [-0.1, -0.05) is 6.07 Å². The monoisotopic (exact) mass is 408 g/mol. The number of H-pyrrole nitrogens is 1. The molecule has 1 fully saturated rings. The fourth-order valence-corrected chi connectivity index (χ4v) is 3.59. The number of aliphatic hydroxyl groups is 1. The molecule has 5 nitrogen and oxygen atoms in total. The van der Waals surface area contributed by atoms with Gasteiger partial charge in [0.15, 0.2) is 0 Å². The van der Waals surface area contributed by atoms with Crippen LogP contribution >= 0.6 is 0 Å². The lowest BCUT2D eigenvalue weighted by Gasteiger charge is -2.24. The molecular formula is C20H20F4N4O. The van der Waals surface area contributed by atoms with E-state index >= 15 is 0 Å². The zero-order chi connectivity index (χ0) is 20.9. The first-order valence-electron chi connectivity index (χ1n) is 9.22. The molecule has 1 atom stereocenters. The zero-order valence-electron chi connectivity index (χ0n) is 15.7. The number of aromatic nitrogens is 4. The number of nitrogens with one attached hydrogen (secondary N) is 1. The van der Waals surface area contributed by atoms with E-state index in [4.69, 9.17) is 0 Å². The number of imidazole rings is 1. The van der Waals surface area contributed by atoms with Crippen molar-refractivity contribution in [1.82, 2.24) is 19.7 Å². The van der Waals surface area contributed by atoms with Crippen molar-refractivity contribution in [1.29, 1.82) is 0 Å². The average Bonchev–Trinajstić information content (AvgIpc) is 3.03. The minimum Gasteiger partial charge on any atom is -0.385 e. The van der Waals surface area contributed by atoms with Gasteiger partial charge < -0.3 is 10.1 Å². The Kier molecular flexibility index (Phi) is 4.53. The highest BCUT2D eigenvalue weighted by molar-refractivity contribution is 5.37. The topological polar surface area (TPSA) is 66.7 Å². The van der Waals surface area contributed by atoms with E-state index in [0.29, 0.717) is 17.2 Å². The number of aromatic amines is 1. The van der Waals surface area contributed by atoms with E-state index in [2.05, 4.69) is 15.1 Å². The number of nitrogens with zero attached hydrogens (tertiary/aromatic N) is 3. The molecule has 29 heavy (non-hydrogen) atoms. The molecule has 0 bridgehead atoms. The molecule has 0 aliphatic heterocycles. The van der Waals surface area contributed by atoms with Crippen molar-refractivity contribution in [2.24, 2.45) is 5.41 Å². The average molecular weight is 408 g/mol. The molecule has 2 aromatic heterocycles. The van der Waals surface area contributed by atoms with Crippen LogP contribution in [0.15, 0.2) is 42.9 Å². The summed E-state index contributed by atoms with van der Waals surface area (Å²) in [6.45, 7) is 1.44. The Hall–Kier alpha value is -2.68. The molecule has 1 unspecified atom stereocenters. The molecule has 4 rings (SSSR count). The van der Waals surface area contributed by atoms with Gasteiger partial charge in [-0.15, -0.1) is 0 Å². The summed E-state index contributed by atoms with van der Waals surface area (Å²) >= 11 is 0. The van der Waals surface area contributed by atoms with Gasteiger partial charge >= 0.3 is 6.18 Å². The van der Waals surface area contributed by atoms with Gasteiger partial charge in [-0.3, -0.25) is 0 Å². The van der Waals surface area contributed by atoms with Gasteiger partial charge in [-0.2, -0.15) is 18.3 Å². The molecule has 3 aromatic rings. The van der Waals surface area contributed by atoms with E-state index in [9.17, 15) is 22.7 Å². The summed E-state index contributed by atoms with van der Waals surface area (Å²) in [5.41, 5.74) is -2.33. The molecule has 9 heteroatoms. The van der Waals surface area contributed by atoms with Gasteiger partial charge in [0.2, 0.25) is 0 Å². The highest BCUT2D eigenvalue weighted by Gasteiger charge is 2.62. The Balaban J connectivity index is 1.50. The standard InChI is InChI=1S/C20H20F4N4O/c1-18(29,15-4-3-14(9-16(15)21)28-8-2-7-26-28)11-17-25-12-13(27-17)10-19(5-6-19)20(22,23)24/h2-4,7-9,12,29H,5-6,10-11H2,1H3,(H,25,27). The summed E-state index contributed by atoms with van der Waals surface area (Å²) < 4.78 is 55.6. The number of rotatable bonds is 6. The predicted octanol–water partition coefficient (Wildman–Crippen LogP) is 4.07. The molecule has 1 aliphatic rings. The summed E-state index contributed by atoms with van der Waals surface area (Å²) in [6.07, 6.45) is 0.332. The van der Waals surface area contributed by atoms with Gasteiger partial charge in [0.25, 0.3) is 0 Å². The predicted molar refractivity (Wildman–Crippen MR) is 96.8 cm³/mol. The van der Waals surface area contributed by atoms with Gasteiger partial charge in [-0.05, 0) is 38.0 Å². The second-order valence-corrected chi connectivity index (χ2v) is 7.88. The van der Waals surface area contributed by atoms with Crippen LogP contribution < -0.4 is 0 Å². The highest BCUT2D eigenvalue weighted by atomic mass is 19.4. The van der Waals surface area contributed by atoms with Crippen LogP contribution in [0.3, 0.4) is 0 Å². The third kappa shape index (κ3) is 3.78. The van der Waals surface area contributed by atoms with Crippen LogP contribution in [-0.4, -0.2) is 31.0 Å². The van der Waals surface area contributed by atoms with E-state index in [1.165, 1.54) is 29.9 Å². The summed E-state index contributed by atoms with van der Waals surface area (Å²) in [5, 5.41) is 14.9. The molecule has 0 spiro atoms. The Morgan fingerprint density at radius 3 is 2.62 bits per heavy atom. The maximum absolute atomic E-state index is 14.7. The van der Waals surface area contributed by atoms with Crippen LogP contribution in [0.1, 0.15) is 36.8 Å². The lowest BCUT2D eigenvalue weighted by molar-refractivity contribution is -0.186. The Labute approximate surface area is 164 Å². The maximum Gasteiger partial charge on any atom is 0.394 e. The summed E-state index contributed by atoms with van der Waals surface area (Å²) in [5.74, 6) is -0.303. The van der Waals surface area contributed by atoms with Crippen molar-refractivity contribution in [2.75, 3.05) is 0 Å². The number of benzene rings is 1. The van der Waals surface area contributed by atoms with E-state index in [-0.39, 0.29) is 31.2 Å². The number of alkyl halides is 3. The normalized spacial score (nSPS) is 17.9. The first kappa shape index (κ1) is 19.6. The first-order chi connectivity index (χ1) is 13.6. The SMILES string of the molecule is CC(O)(Cc1ncc(CC2(C(F)(F)F)CC2)[nH]1)c1ccc(-n2cccn2)cc1F. The van der Waals surface area contributed by atoms with Crippen molar-refractivity contribution in [3.63, 3.8) is 0 Å². The van der Waals surface area contributed by atoms with E-state index in [1.807, 2.05) is 0 Å². The fourth-order valence-electron chi connectivity index (χ4n) is 3.59. The van der Waals surface area contributed by atoms with Crippen LogP contribution in [0, 0.1) is 11.2 Å². The van der Waals surface area contributed by atoms with Crippen LogP contribution in [-0.2, 0) is 18.4 Å². The lowest BCUT2D eigenvalue weighted by Crippen LogP contribution is -2.27. The third-order valence-corrected chi connectivity index (χ3v) is 5.48. The minimum atomic E-state index is -4.25. The minimum absolute atomic E-state index is 0.0654. The smallest absolute Gasteiger partial charge is 0.385 e. The largest absolute Gasteiger partial charge is 0.394 e. The van der Waals surface area contributed by atoms with Crippen molar-refractivity contribution in [3.05, 3.63) is 65.8 Å². The second kappa shape index (κ2) is 6.69. The number of hydrogen-bond acceptors (Lipinski definition) is 3. The maximum atomic E-state index is 14.7. The Morgan fingerprint density at radius 1 is 1.28 bits per heavy atom. The molecule has 1 aromatic carbocycles. The van der Waals surface area contributed by atoms with E-state index < -0.39 is 23.0 Å². The molecular weight excluding hydrogens is 388 g/mol. The van der Waals surface area contributed by atoms with Crippen LogP contribution in [0.25, 0.3) is 5.69 Å². The molecule has 1 saturated carbocycles. The summed E-state index contributed by atoms with van der Waals surface area (Å²) in [7, 11) is 0. The second-order valence-electron chi connectivity index (χ2n) is 7.88. The molecule has 154 valence electrons. The van der Waals surface area contributed by atoms with Gasteiger partial charge in [-0.25, -0.2) is 14.1 Å². The molecule has 0 saturated heterocycles. The van der Waals surface area contributed by atoms with Crippen molar-refractivity contribution >= 4 is 0 Å². The molecule has 0 amide bonds. The highest BCUT2D eigenvalue weighted by Crippen LogP contribution is 2.59.